The smallest absolute Gasteiger partial charge is 0.254 e. The van der Waals surface area contributed by atoms with E-state index in [0.717, 1.165) is 5.56 Å². The highest BCUT2D eigenvalue weighted by molar-refractivity contribution is 5.96. The molecule has 0 fully saturated rings. The molecule has 0 heterocycles. The Bertz CT molecular complexity index is 475. The molecule has 0 aliphatic heterocycles. The number of aryl methyl sites for hydroxylation is 1. The van der Waals surface area contributed by atoms with Crippen molar-refractivity contribution in [1.82, 2.24) is 4.90 Å². The first kappa shape index (κ1) is 14.0. The minimum atomic E-state index is -0.0993. The van der Waals surface area contributed by atoms with Crippen LogP contribution in [0.3, 0.4) is 0 Å². The lowest BCUT2D eigenvalue weighted by molar-refractivity contribution is 0.0709. The Hall–Kier alpha value is -2.02. The van der Waals surface area contributed by atoms with E-state index in [1.807, 2.05) is 19.9 Å². The van der Waals surface area contributed by atoms with Crippen LogP contribution in [0.25, 0.3) is 0 Å². The summed E-state index contributed by atoms with van der Waals surface area (Å²) in [5, 5.41) is 18.0. The SMILES string of the molecule is Cc1cc(O)ccc1C(=O)N(CCC#N)C(C)C. The monoisotopic (exact) mass is 246 g/mol. The van der Waals surface area contributed by atoms with Gasteiger partial charge in [-0.1, -0.05) is 0 Å². The van der Waals surface area contributed by atoms with Gasteiger partial charge < -0.3 is 10.0 Å². The lowest BCUT2D eigenvalue weighted by Gasteiger charge is -2.26. The minimum absolute atomic E-state index is 0.0408. The molecule has 0 bridgehead atoms. The fourth-order valence-electron chi connectivity index (χ4n) is 1.81. The third-order valence-corrected chi connectivity index (χ3v) is 2.79. The standard InChI is InChI=1S/C14H18N2O2/c1-10(2)16(8-4-7-15)14(18)13-6-5-12(17)9-11(13)3/h5-6,9-10,17H,4,8H2,1-3H3. The van der Waals surface area contributed by atoms with Gasteiger partial charge in [0.1, 0.15) is 5.75 Å². The number of hydrogen-bond acceptors (Lipinski definition) is 3. The van der Waals surface area contributed by atoms with E-state index in [0.29, 0.717) is 18.5 Å². The van der Waals surface area contributed by atoms with Crippen LogP contribution in [-0.2, 0) is 0 Å². The van der Waals surface area contributed by atoms with Gasteiger partial charge in [-0.2, -0.15) is 5.26 Å². The van der Waals surface area contributed by atoms with E-state index >= 15 is 0 Å². The predicted molar refractivity (Wildman–Crippen MR) is 69.2 cm³/mol. The van der Waals surface area contributed by atoms with Gasteiger partial charge in [0.25, 0.3) is 5.91 Å². The van der Waals surface area contributed by atoms with Gasteiger partial charge in [-0.3, -0.25) is 4.79 Å². The Kier molecular flexibility index (Phi) is 4.73. The summed E-state index contributed by atoms with van der Waals surface area (Å²) in [7, 11) is 0. The molecule has 4 heteroatoms. The fourth-order valence-corrected chi connectivity index (χ4v) is 1.81. The first-order valence-corrected chi connectivity index (χ1v) is 5.95. The van der Waals surface area contributed by atoms with Crippen molar-refractivity contribution < 1.29 is 9.90 Å². The number of hydrogen-bond donors (Lipinski definition) is 1. The second kappa shape index (κ2) is 6.06. The number of nitriles is 1. The molecular weight excluding hydrogens is 228 g/mol. The van der Waals surface area contributed by atoms with Crippen LogP contribution in [-0.4, -0.2) is 28.5 Å². The van der Waals surface area contributed by atoms with Crippen molar-refractivity contribution in [3.63, 3.8) is 0 Å². The van der Waals surface area contributed by atoms with Gasteiger partial charge in [-0.15, -0.1) is 0 Å². The second-order valence-electron chi connectivity index (χ2n) is 4.50. The zero-order chi connectivity index (χ0) is 13.7. The zero-order valence-corrected chi connectivity index (χ0v) is 11.0. The molecule has 18 heavy (non-hydrogen) atoms. The normalized spacial score (nSPS) is 10.2. The van der Waals surface area contributed by atoms with Crippen molar-refractivity contribution in [2.24, 2.45) is 0 Å². The molecule has 0 spiro atoms. The van der Waals surface area contributed by atoms with Crippen molar-refractivity contribution in [3.05, 3.63) is 29.3 Å². The first-order chi connectivity index (χ1) is 8.47. The van der Waals surface area contributed by atoms with Gasteiger partial charge >= 0.3 is 0 Å². The van der Waals surface area contributed by atoms with Crippen molar-refractivity contribution in [1.29, 1.82) is 5.26 Å². The highest BCUT2D eigenvalue weighted by Crippen LogP contribution is 2.18. The maximum absolute atomic E-state index is 12.4. The molecule has 96 valence electrons. The number of benzene rings is 1. The molecule has 0 unspecified atom stereocenters. The molecule has 4 nitrogen and oxygen atoms in total. The number of nitrogens with zero attached hydrogens (tertiary/aromatic N) is 2. The molecule has 0 saturated carbocycles. The zero-order valence-electron chi connectivity index (χ0n) is 11.0. The third kappa shape index (κ3) is 3.24. The average Bonchev–Trinajstić information content (AvgIpc) is 2.28. The summed E-state index contributed by atoms with van der Waals surface area (Å²) in [4.78, 5) is 14.0. The van der Waals surface area contributed by atoms with Gasteiger partial charge in [-0.05, 0) is 44.5 Å². The number of carbonyl (C=O) groups is 1. The molecule has 1 aromatic carbocycles. The molecule has 0 atom stereocenters. The van der Waals surface area contributed by atoms with E-state index in [2.05, 4.69) is 0 Å². The van der Waals surface area contributed by atoms with Crippen molar-refractivity contribution in [2.75, 3.05) is 6.54 Å². The summed E-state index contributed by atoms with van der Waals surface area (Å²) in [5.41, 5.74) is 1.31. The van der Waals surface area contributed by atoms with E-state index < -0.39 is 0 Å². The second-order valence-corrected chi connectivity index (χ2v) is 4.50. The highest BCUT2D eigenvalue weighted by Gasteiger charge is 2.19. The Morgan fingerprint density at radius 2 is 2.17 bits per heavy atom. The van der Waals surface area contributed by atoms with Crippen LogP contribution in [0.2, 0.25) is 0 Å². The van der Waals surface area contributed by atoms with E-state index in [1.165, 1.54) is 6.07 Å². The van der Waals surface area contributed by atoms with Gasteiger partial charge in [0.05, 0.1) is 12.5 Å². The van der Waals surface area contributed by atoms with Crippen LogP contribution in [0.15, 0.2) is 18.2 Å². The quantitative estimate of drug-likeness (QED) is 0.887. The summed E-state index contributed by atoms with van der Waals surface area (Å²) < 4.78 is 0. The van der Waals surface area contributed by atoms with E-state index in [9.17, 15) is 9.90 Å². The fraction of sp³-hybridized carbons (Fsp3) is 0.429. The van der Waals surface area contributed by atoms with Crippen LogP contribution < -0.4 is 0 Å². The van der Waals surface area contributed by atoms with E-state index in [4.69, 9.17) is 5.26 Å². The Labute approximate surface area is 107 Å². The van der Waals surface area contributed by atoms with Crippen LogP contribution in [0, 0.1) is 18.3 Å². The highest BCUT2D eigenvalue weighted by atomic mass is 16.3. The molecule has 1 N–H and O–H groups in total. The van der Waals surface area contributed by atoms with Crippen molar-refractivity contribution in [2.45, 2.75) is 33.2 Å². The molecule has 0 radical (unpaired) electrons. The summed E-state index contributed by atoms with van der Waals surface area (Å²) in [6, 6.07) is 6.78. The molecule has 0 aromatic heterocycles. The van der Waals surface area contributed by atoms with Crippen molar-refractivity contribution >= 4 is 5.91 Å². The Balaban J connectivity index is 2.99. The van der Waals surface area contributed by atoms with Crippen molar-refractivity contribution in [3.8, 4) is 11.8 Å². The minimum Gasteiger partial charge on any atom is -0.508 e. The molecule has 1 amide bonds. The van der Waals surface area contributed by atoms with Crippen LogP contribution in [0.4, 0.5) is 0 Å². The number of phenolic OH excluding ortho intramolecular Hbond substituents is 1. The van der Waals surface area contributed by atoms with Gasteiger partial charge in [0, 0.05) is 18.2 Å². The van der Waals surface area contributed by atoms with Gasteiger partial charge in [0.15, 0.2) is 0 Å². The average molecular weight is 246 g/mol. The summed E-state index contributed by atoms with van der Waals surface area (Å²) in [6.07, 6.45) is 0.320. The molecule has 0 aliphatic carbocycles. The number of amides is 1. The maximum atomic E-state index is 12.4. The summed E-state index contributed by atoms with van der Waals surface area (Å²) >= 11 is 0. The first-order valence-electron chi connectivity index (χ1n) is 5.95. The maximum Gasteiger partial charge on any atom is 0.254 e. The molecule has 0 saturated heterocycles. The summed E-state index contributed by atoms with van der Waals surface area (Å²) in [5.74, 6) is 0.0509. The lowest BCUT2D eigenvalue weighted by atomic mass is 10.1. The molecule has 0 aliphatic rings. The van der Waals surface area contributed by atoms with Crippen LogP contribution in [0.1, 0.15) is 36.2 Å². The number of rotatable bonds is 4. The van der Waals surface area contributed by atoms with E-state index in [1.54, 1.807) is 24.0 Å². The number of aromatic hydroxyl groups is 1. The molecule has 1 rings (SSSR count). The summed E-state index contributed by atoms with van der Waals surface area (Å²) in [6.45, 7) is 6.05. The topological polar surface area (TPSA) is 64.3 Å². The van der Waals surface area contributed by atoms with E-state index in [-0.39, 0.29) is 17.7 Å². The number of phenols is 1. The lowest BCUT2D eigenvalue weighted by Crippen LogP contribution is -2.37. The third-order valence-electron chi connectivity index (χ3n) is 2.79. The Morgan fingerprint density at radius 1 is 1.50 bits per heavy atom. The molecular formula is C14H18N2O2. The number of carbonyl (C=O) groups excluding carboxylic acids is 1. The van der Waals surface area contributed by atoms with Crippen LogP contribution in [0.5, 0.6) is 5.75 Å². The largest absolute Gasteiger partial charge is 0.508 e. The predicted octanol–water partition coefficient (Wildman–Crippen LogP) is 2.46. The molecule has 1 aromatic rings. The van der Waals surface area contributed by atoms with Gasteiger partial charge in [-0.25, -0.2) is 0 Å². The van der Waals surface area contributed by atoms with Crippen LogP contribution >= 0.6 is 0 Å². The Morgan fingerprint density at radius 3 is 2.67 bits per heavy atom. The van der Waals surface area contributed by atoms with Gasteiger partial charge in [0.2, 0.25) is 0 Å².